The van der Waals surface area contributed by atoms with Gasteiger partial charge in [-0.05, 0) is 86.3 Å². The van der Waals surface area contributed by atoms with E-state index in [1.54, 1.807) is 0 Å². The van der Waals surface area contributed by atoms with Crippen LogP contribution >= 0.6 is 0 Å². The molecular formula is C50H32N4. The topological polar surface area (TPSA) is 51.6 Å². The summed E-state index contributed by atoms with van der Waals surface area (Å²) in [5.74, 6) is 0.648. The molecule has 4 nitrogen and oxygen atoms in total. The highest BCUT2D eigenvalue weighted by Gasteiger charge is 2.18. The van der Waals surface area contributed by atoms with Gasteiger partial charge >= 0.3 is 0 Å². The van der Waals surface area contributed by atoms with Crippen LogP contribution in [0.4, 0.5) is 0 Å². The fraction of sp³-hybridized carbons (Fsp3) is 0. The lowest BCUT2D eigenvalue weighted by molar-refractivity contribution is 1.18. The van der Waals surface area contributed by atoms with E-state index in [0.717, 1.165) is 55.8 Å². The Morgan fingerprint density at radius 2 is 0.852 bits per heavy atom. The van der Waals surface area contributed by atoms with Crippen LogP contribution in [0.15, 0.2) is 194 Å². The molecule has 0 fully saturated rings. The second-order valence-electron chi connectivity index (χ2n) is 13.5. The molecule has 54 heavy (non-hydrogen) atoms. The molecule has 10 aromatic rings. The molecule has 0 saturated heterocycles. The first-order chi connectivity index (χ1) is 26.8. The largest absolute Gasteiger partial charge is 0.256 e. The van der Waals surface area contributed by atoms with E-state index in [2.05, 4.69) is 151 Å². The Morgan fingerprint density at radius 1 is 0.315 bits per heavy atom. The number of aromatic nitrogens is 4. The van der Waals surface area contributed by atoms with Gasteiger partial charge in [-0.25, -0.2) is 9.97 Å². The monoisotopic (exact) mass is 688 g/mol. The van der Waals surface area contributed by atoms with Gasteiger partial charge in [0.25, 0.3) is 0 Å². The molecule has 0 bridgehead atoms. The van der Waals surface area contributed by atoms with Crippen LogP contribution in [-0.4, -0.2) is 19.9 Å². The van der Waals surface area contributed by atoms with E-state index < -0.39 is 0 Å². The minimum Gasteiger partial charge on any atom is -0.256 e. The Hall–Kier alpha value is -7.30. The third kappa shape index (κ3) is 5.67. The first-order valence-corrected chi connectivity index (χ1v) is 18.1. The van der Waals surface area contributed by atoms with E-state index in [9.17, 15) is 0 Å². The number of para-hydroxylation sites is 1. The lowest BCUT2D eigenvalue weighted by Gasteiger charge is -2.18. The van der Waals surface area contributed by atoms with Gasteiger partial charge < -0.3 is 0 Å². The van der Waals surface area contributed by atoms with Crippen molar-refractivity contribution in [3.63, 3.8) is 0 Å². The fourth-order valence-electron chi connectivity index (χ4n) is 7.62. The van der Waals surface area contributed by atoms with Crippen LogP contribution in [0.25, 0.3) is 99.9 Å². The third-order valence-electron chi connectivity index (χ3n) is 10.1. The van der Waals surface area contributed by atoms with Crippen molar-refractivity contribution in [3.8, 4) is 67.4 Å². The van der Waals surface area contributed by atoms with Crippen molar-refractivity contribution in [2.75, 3.05) is 0 Å². The van der Waals surface area contributed by atoms with Crippen molar-refractivity contribution in [3.05, 3.63) is 194 Å². The molecule has 4 heteroatoms. The fourth-order valence-corrected chi connectivity index (χ4v) is 7.62. The predicted octanol–water partition coefficient (Wildman–Crippen LogP) is 12.7. The molecule has 3 heterocycles. The normalized spacial score (nSPS) is 11.3. The number of fused-ring (bicyclic) bond motifs is 3. The molecule has 0 aliphatic rings. The van der Waals surface area contributed by atoms with Crippen molar-refractivity contribution >= 4 is 32.4 Å². The molecule has 0 aliphatic carbocycles. The van der Waals surface area contributed by atoms with E-state index in [1.165, 1.54) is 38.2 Å². The number of hydrogen-bond donors (Lipinski definition) is 0. The number of nitrogens with zero attached hydrogens (tertiary/aromatic N) is 4. The second-order valence-corrected chi connectivity index (χ2v) is 13.5. The molecule has 0 radical (unpaired) electrons. The van der Waals surface area contributed by atoms with Gasteiger partial charge in [0, 0.05) is 40.0 Å². The first-order valence-electron chi connectivity index (χ1n) is 18.1. The van der Waals surface area contributed by atoms with Crippen molar-refractivity contribution in [1.82, 2.24) is 19.9 Å². The number of hydrogen-bond acceptors (Lipinski definition) is 4. The van der Waals surface area contributed by atoms with E-state index >= 15 is 0 Å². The zero-order chi connectivity index (χ0) is 35.8. The van der Waals surface area contributed by atoms with Gasteiger partial charge in [-0.1, -0.05) is 140 Å². The Labute approximate surface area is 313 Å². The Bertz CT molecular complexity index is 2940. The molecule has 0 saturated carbocycles. The van der Waals surface area contributed by atoms with Gasteiger partial charge in [0.2, 0.25) is 0 Å². The molecular weight excluding hydrogens is 657 g/mol. The molecule has 0 atom stereocenters. The van der Waals surface area contributed by atoms with Crippen LogP contribution in [0.1, 0.15) is 0 Å². The van der Waals surface area contributed by atoms with Crippen molar-refractivity contribution in [2.45, 2.75) is 0 Å². The lowest BCUT2D eigenvalue weighted by Crippen LogP contribution is -1.97. The average Bonchev–Trinajstić information content (AvgIpc) is 3.26. The molecule has 0 aliphatic heterocycles. The van der Waals surface area contributed by atoms with Crippen molar-refractivity contribution in [2.24, 2.45) is 0 Å². The summed E-state index contributed by atoms with van der Waals surface area (Å²) < 4.78 is 0. The SMILES string of the molecule is c1ccc(-c2c3ccccc3c(-c3cccc(-c4nc(-c5cccc(-c6ccccn6)c5)cc(-c5cnc6ccccc6c5)n4)c3)c3ccccc23)cc1. The molecule has 3 aromatic heterocycles. The maximum absolute atomic E-state index is 5.26. The third-order valence-corrected chi connectivity index (χ3v) is 10.1. The standard InChI is InChI=1S/C50H32N4/c1-2-14-33(15-3-1)48-40-21-5-7-23-42(40)49(43-24-8-6-22-41(43)48)37-19-13-20-38(30-37)50-53-46(36-18-12-17-35(28-36)44-26-10-11-27-51-44)31-47(54-50)39-29-34-16-4-9-25-45(34)52-32-39/h1-32H. The molecule has 252 valence electrons. The summed E-state index contributed by atoms with van der Waals surface area (Å²) >= 11 is 0. The van der Waals surface area contributed by atoms with Crippen LogP contribution in [0.5, 0.6) is 0 Å². The molecule has 0 spiro atoms. The van der Waals surface area contributed by atoms with Crippen molar-refractivity contribution < 1.29 is 0 Å². The van der Waals surface area contributed by atoms with Crippen LogP contribution in [0.2, 0.25) is 0 Å². The summed E-state index contributed by atoms with van der Waals surface area (Å²) in [6, 6.07) is 63.7. The summed E-state index contributed by atoms with van der Waals surface area (Å²) in [6.07, 6.45) is 3.73. The van der Waals surface area contributed by atoms with Gasteiger partial charge in [-0.2, -0.15) is 0 Å². The Balaban J connectivity index is 1.18. The predicted molar refractivity (Wildman–Crippen MR) is 223 cm³/mol. The second kappa shape index (κ2) is 13.4. The quantitative estimate of drug-likeness (QED) is 0.163. The Morgan fingerprint density at radius 3 is 1.56 bits per heavy atom. The summed E-state index contributed by atoms with van der Waals surface area (Å²) in [6.45, 7) is 0. The highest BCUT2D eigenvalue weighted by atomic mass is 14.9. The van der Waals surface area contributed by atoms with Crippen molar-refractivity contribution in [1.29, 1.82) is 0 Å². The minimum absolute atomic E-state index is 0.648. The van der Waals surface area contributed by atoms with Crippen LogP contribution < -0.4 is 0 Å². The molecule has 10 rings (SSSR count). The highest BCUT2D eigenvalue weighted by molar-refractivity contribution is 6.21. The van der Waals surface area contributed by atoms with Crippen LogP contribution in [0, 0.1) is 0 Å². The van der Waals surface area contributed by atoms with E-state index in [0.29, 0.717) is 5.82 Å². The van der Waals surface area contributed by atoms with Gasteiger partial charge in [-0.15, -0.1) is 0 Å². The number of benzene rings is 7. The van der Waals surface area contributed by atoms with E-state index in [4.69, 9.17) is 15.0 Å². The molecule has 0 amide bonds. The number of pyridine rings is 2. The van der Waals surface area contributed by atoms with Crippen LogP contribution in [-0.2, 0) is 0 Å². The van der Waals surface area contributed by atoms with Crippen LogP contribution in [0.3, 0.4) is 0 Å². The zero-order valence-electron chi connectivity index (χ0n) is 29.3. The van der Waals surface area contributed by atoms with E-state index in [-0.39, 0.29) is 0 Å². The molecule has 0 unspecified atom stereocenters. The highest BCUT2D eigenvalue weighted by Crippen LogP contribution is 2.44. The zero-order valence-corrected chi connectivity index (χ0v) is 29.3. The molecule has 7 aromatic carbocycles. The van der Waals surface area contributed by atoms with E-state index in [1.807, 2.05) is 48.8 Å². The summed E-state index contributed by atoms with van der Waals surface area (Å²) in [5, 5.41) is 5.92. The Kier molecular flexibility index (Phi) is 7.77. The van der Waals surface area contributed by atoms with Gasteiger partial charge in [0.15, 0.2) is 5.82 Å². The van der Waals surface area contributed by atoms with Gasteiger partial charge in [-0.3, -0.25) is 9.97 Å². The lowest BCUT2D eigenvalue weighted by atomic mass is 9.85. The van der Waals surface area contributed by atoms with Gasteiger partial charge in [0.05, 0.1) is 22.6 Å². The average molecular weight is 689 g/mol. The maximum atomic E-state index is 5.26. The summed E-state index contributed by atoms with van der Waals surface area (Å²) in [4.78, 5) is 19.9. The molecule has 0 N–H and O–H groups in total. The maximum Gasteiger partial charge on any atom is 0.160 e. The summed E-state index contributed by atoms with van der Waals surface area (Å²) in [5.41, 5.74) is 12.2. The minimum atomic E-state index is 0.648. The number of rotatable bonds is 6. The van der Waals surface area contributed by atoms with Gasteiger partial charge in [0.1, 0.15) is 0 Å². The smallest absolute Gasteiger partial charge is 0.160 e. The first kappa shape index (κ1) is 31.4. The summed E-state index contributed by atoms with van der Waals surface area (Å²) in [7, 11) is 0.